The summed E-state index contributed by atoms with van der Waals surface area (Å²) in [6.45, 7) is 3.36. The van der Waals surface area contributed by atoms with Gasteiger partial charge in [0.2, 0.25) is 6.29 Å². The Morgan fingerprint density at radius 2 is 1.02 bits per heavy atom. The second-order valence-corrected chi connectivity index (χ2v) is 14.6. The lowest BCUT2D eigenvalue weighted by molar-refractivity contribution is -0.322. The summed E-state index contributed by atoms with van der Waals surface area (Å²) in [5.41, 5.74) is 4.97. The Kier molecular flexibility index (Phi) is 12.9. The minimum atomic E-state index is -0.980. The zero-order valence-corrected chi connectivity index (χ0v) is 32.9. The number of benzene rings is 6. The molecule has 0 amide bonds. The van der Waals surface area contributed by atoms with E-state index in [1.54, 1.807) is 7.11 Å². The normalized spacial score (nSPS) is 22.4. The van der Waals surface area contributed by atoms with Crippen molar-refractivity contribution in [2.24, 2.45) is 0 Å². The molecule has 0 bridgehead atoms. The SMILES string of the molecule is COc1ccc2c(c1)C(c1ccccc1)(c1ccccc1)OC(CCO[C@@H]1O[C@@H](C)[C@H](OCc3ccccc3)[C@@H](OCc3ccccc3)[C@H]1OCc1ccccc1)O2. The van der Waals surface area contributed by atoms with E-state index < -0.39 is 36.5 Å². The van der Waals surface area contributed by atoms with Crippen molar-refractivity contribution >= 4 is 0 Å². The molecule has 8 nitrogen and oxygen atoms in total. The van der Waals surface area contributed by atoms with Crippen molar-refractivity contribution < 1.29 is 37.9 Å². The van der Waals surface area contributed by atoms with Gasteiger partial charge in [0.05, 0.1) is 39.6 Å². The molecule has 2 aliphatic heterocycles. The number of fused-ring (bicyclic) bond motifs is 1. The van der Waals surface area contributed by atoms with E-state index in [9.17, 15) is 0 Å². The molecule has 0 spiro atoms. The van der Waals surface area contributed by atoms with E-state index in [-0.39, 0.29) is 12.7 Å². The highest BCUT2D eigenvalue weighted by Crippen LogP contribution is 2.49. The smallest absolute Gasteiger partial charge is 0.203 e. The van der Waals surface area contributed by atoms with Gasteiger partial charge in [-0.2, -0.15) is 0 Å². The van der Waals surface area contributed by atoms with Crippen molar-refractivity contribution in [1.29, 1.82) is 0 Å². The Hall–Kier alpha value is -5.32. The van der Waals surface area contributed by atoms with Crippen LogP contribution in [-0.2, 0) is 53.8 Å². The Bertz CT molecular complexity index is 2100. The van der Waals surface area contributed by atoms with Crippen LogP contribution >= 0.6 is 0 Å². The third kappa shape index (κ3) is 9.03. The fourth-order valence-corrected chi connectivity index (χ4v) is 7.80. The second-order valence-electron chi connectivity index (χ2n) is 14.6. The molecule has 6 aromatic rings. The Morgan fingerprint density at radius 1 is 0.534 bits per heavy atom. The van der Waals surface area contributed by atoms with Crippen molar-refractivity contribution in [3.8, 4) is 11.5 Å². The molecule has 6 atom stereocenters. The number of ether oxygens (including phenoxy) is 8. The van der Waals surface area contributed by atoms with Gasteiger partial charge in [0.1, 0.15) is 29.8 Å². The molecule has 6 aromatic carbocycles. The van der Waals surface area contributed by atoms with Crippen LogP contribution in [0.4, 0.5) is 0 Å². The van der Waals surface area contributed by atoms with Gasteiger partial charge in [-0.05, 0) is 52.9 Å². The molecular weight excluding hydrogens is 729 g/mol. The van der Waals surface area contributed by atoms with E-state index >= 15 is 0 Å². The molecule has 1 unspecified atom stereocenters. The van der Waals surface area contributed by atoms with Crippen molar-refractivity contribution in [1.82, 2.24) is 0 Å². The van der Waals surface area contributed by atoms with Crippen LogP contribution in [0.5, 0.6) is 11.5 Å². The Balaban J connectivity index is 1.06. The molecule has 0 saturated carbocycles. The van der Waals surface area contributed by atoms with Gasteiger partial charge in [-0.3, -0.25) is 0 Å². The Labute approximate surface area is 341 Å². The molecule has 298 valence electrons. The number of hydrogen-bond acceptors (Lipinski definition) is 8. The molecule has 0 radical (unpaired) electrons. The highest BCUT2D eigenvalue weighted by molar-refractivity contribution is 5.56. The maximum atomic E-state index is 7.14. The molecule has 0 aromatic heterocycles. The minimum absolute atomic E-state index is 0.249. The van der Waals surface area contributed by atoms with Crippen molar-refractivity contribution in [2.75, 3.05) is 13.7 Å². The van der Waals surface area contributed by atoms with Crippen LogP contribution < -0.4 is 9.47 Å². The zero-order valence-electron chi connectivity index (χ0n) is 32.9. The molecule has 0 N–H and O–H groups in total. The average Bonchev–Trinajstić information content (AvgIpc) is 3.28. The first-order chi connectivity index (χ1) is 28.6. The fraction of sp³-hybridized carbons (Fsp3) is 0.280. The standard InChI is InChI=1S/C50H50O8/c1-36-46(53-33-37-18-8-3-9-19-37)47(54-34-38-20-10-4-11-21-38)48(55-35-39-22-12-5-13-23-39)49(56-36)52-31-30-45-57-44-29-28-42(51-2)32-43(44)50(58-45,40-24-14-6-15-25-40)41-26-16-7-17-27-41/h3-29,32,36,45-49H,30-31,33-35H2,1-2H3/t36-,45?,46-,47+,48+,49+/m0/s1. The van der Waals surface area contributed by atoms with Gasteiger partial charge in [0, 0.05) is 12.0 Å². The monoisotopic (exact) mass is 778 g/mol. The predicted molar refractivity (Wildman–Crippen MR) is 221 cm³/mol. The van der Waals surface area contributed by atoms with E-state index in [1.807, 2.05) is 128 Å². The number of hydrogen-bond donors (Lipinski definition) is 0. The summed E-state index contributed by atoms with van der Waals surface area (Å²) in [5, 5.41) is 0. The lowest BCUT2D eigenvalue weighted by Gasteiger charge is -2.45. The summed E-state index contributed by atoms with van der Waals surface area (Å²) in [5.74, 6) is 1.42. The van der Waals surface area contributed by atoms with E-state index in [4.69, 9.17) is 37.9 Å². The minimum Gasteiger partial charge on any atom is -0.497 e. The van der Waals surface area contributed by atoms with Gasteiger partial charge < -0.3 is 37.9 Å². The van der Waals surface area contributed by atoms with E-state index in [1.165, 1.54) is 0 Å². The maximum absolute atomic E-state index is 7.14. The van der Waals surface area contributed by atoms with Crippen LogP contribution in [0.25, 0.3) is 0 Å². The molecule has 1 saturated heterocycles. The molecule has 1 fully saturated rings. The quantitative estimate of drug-likeness (QED) is 0.0963. The first kappa shape index (κ1) is 39.5. The summed E-state index contributed by atoms with van der Waals surface area (Å²) in [7, 11) is 1.67. The summed E-state index contributed by atoms with van der Waals surface area (Å²) >= 11 is 0. The van der Waals surface area contributed by atoms with Crippen LogP contribution in [-0.4, -0.2) is 50.7 Å². The van der Waals surface area contributed by atoms with Crippen LogP contribution in [0, 0.1) is 0 Å². The van der Waals surface area contributed by atoms with Crippen molar-refractivity contribution in [3.05, 3.63) is 203 Å². The van der Waals surface area contributed by atoms with Crippen molar-refractivity contribution in [3.63, 3.8) is 0 Å². The molecular formula is C50H50O8. The molecule has 0 aliphatic carbocycles. The average molecular weight is 779 g/mol. The molecule has 2 aliphatic rings. The van der Waals surface area contributed by atoms with Gasteiger partial charge in [0.25, 0.3) is 0 Å². The number of methoxy groups -OCH3 is 1. The predicted octanol–water partition coefficient (Wildman–Crippen LogP) is 9.63. The summed E-state index contributed by atoms with van der Waals surface area (Å²) in [6, 6.07) is 56.7. The Morgan fingerprint density at radius 3 is 1.53 bits per heavy atom. The van der Waals surface area contributed by atoms with Gasteiger partial charge in [0.15, 0.2) is 11.9 Å². The lowest BCUT2D eigenvalue weighted by atomic mass is 9.79. The largest absolute Gasteiger partial charge is 0.497 e. The third-order valence-electron chi connectivity index (χ3n) is 10.7. The summed E-state index contributed by atoms with van der Waals surface area (Å²) in [4.78, 5) is 0. The molecule has 8 rings (SSSR count). The van der Waals surface area contributed by atoms with Crippen LogP contribution in [0.15, 0.2) is 170 Å². The van der Waals surface area contributed by atoms with E-state index in [0.717, 1.165) is 33.4 Å². The fourth-order valence-electron chi connectivity index (χ4n) is 7.80. The second kappa shape index (κ2) is 19.0. The van der Waals surface area contributed by atoms with Gasteiger partial charge in [-0.25, -0.2) is 0 Å². The zero-order chi connectivity index (χ0) is 39.6. The van der Waals surface area contributed by atoms with Crippen molar-refractivity contribution in [2.45, 2.75) is 75.8 Å². The van der Waals surface area contributed by atoms with Gasteiger partial charge >= 0.3 is 0 Å². The first-order valence-electron chi connectivity index (χ1n) is 20.0. The van der Waals surface area contributed by atoms with E-state index in [2.05, 4.69) is 48.5 Å². The molecule has 2 heterocycles. The number of rotatable bonds is 16. The van der Waals surface area contributed by atoms with Crippen LogP contribution in [0.3, 0.4) is 0 Å². The van der Waals surface area contributed by atoms with Crippen LogP contribution in [0.1, 0.15) is 46.7 Å². The highest BCUT2D eigenvalue weighted by Gasteiger charge is 2.49. The van der Waals surface area contributed by atoms with Crippen LogP contribution in [0.2, 0.25) is 0 Å². The summed E-state index contributed by atoms with van der Waals surface area (Å²) in [6.07, 6.45) is -3.01. The summed E-state index contributed by atoms with van der Waals surface area (Å²) < 4.78 is 53.0. The maximum Gasteiger partial charge on any atom is 0.203 e. The topological polar surface area (TPSA) is 73.8 Å². The molecule has 8 heteroatoms. The van der Waals surface area contributed by atoms with Gasteiger partial charge in [-0.15, -0.1) is 0 Å². The first-order valence-corrected chi connectivity index (χ1v) is 20.0. The highest BCUT2D eigenvalue weighted by atomic mass is 16.7. The van der Waals surface area contributed by atoms with Gasteiger partial charge in [-0.1, -0.05) is 152 Å². The van der Waals surface area contributed by atoms with E-state index in [0.29, 0.717) is 37.7 Å². The third-order valence-corrected chi connectivity index (χ3v) is 10.7. The molecule has 58 heavy (non-hydrogen) atoms. The lowest BCUT2D eigenvalue weighted by Crippen LogP contribution is -2.60.